The van der Waals surface area contributed by atoms with Crippen LogP contribution in [0.1, 0.15) is 5.56 Å². The summed E-state index contributed by atoms with van der Waals surface area (Å²) >= 11 is 0. The molecule has 0 aliphatic rings. The summed E-state index contributed by atoms with van der Waals surface area (Å²) in [5.74, 6) is -1.78. The van der Waals surface area contributed by atoms with Crippen molar-refractivity contribution in [3.63, 3.8) is 0 Å². The Morgan fingerprint density at radius 2 is 1.62 bits per heavy atom. The molecule has 3 aromatic rings. The highest BCUT2D eigenvalue weighted by molar-refractivity contribution is 5.98. The van der Waals surface area contributed by atoms with Crippen molar-refractivity contribution in [2.75, 3.05) is 7.11 Å². The number of alkyl halides is 3. The smallest absolute Gasteiger partial charge is 0.432 e. The highest BCUT2D eigenvalue weighted by Gasteiger charge is 2.64. The summed E-state index contributed by atoms with van der Waals surface area (Å²) in [6.07, 6.45) is -5.27. The lowest BCUT2D eigenvalue weighted by Crippen LogP contribution is -2.50. The summed E-state index contributed by atoms with van der Waals surface area (Å²) in [7, 11) is 2.40. The van der Waals surface area contributed by atoms with Gasteiger partial charge in [0.1, 0.15) is 0 Å². The maximum Gasteiger partial charge on any atom is 0.432 e. The number of aromatic nitrogens is 1. The first-order chi connectivity index (χ1) is 12.2. The molecule has 0 radical (unpaired) electrons. The number of methoxy groups -OCH3 is 1. The van der Waals surface area contributed by atoms with E-state index < -0.39 is 23.3 Å². The number of ether oxygens (including phenoxy) is 1. The topological polar surface area (TPSA) is 51.5 Å². The lowest BCUT2D eigenvalue weighted by Gasteiger charge is -2.29. The molecule has 1 atom stereocenters. The molecule has 0 bridgehead atoms. The van der Waals surface area contributed by atoms with Gasteiger partial charge in [0.2, 0.25) is 0 Å². The fourth-order valence-corrected chi connectivity index (χ4v) is 3.20. The van der Waals surface area contributed by atoms with Crippen LogP contribution in [0.5, 0.6) is 0 Å². The van der Waals surface area contributed by atoms with Crippen molar-refractivity contribution in [2.24, 2.45) is 7.05 Å². The van der Waals surface area contributed by atoms with E-state index in [4.69, 9.17) is 0 Å². The van der Waals surface area contributed by atoms with Gasteiger partial charge in [-0.25, -0.2) is 4.79 Å². The summed E-state index contributed by atoms with van der Waals surface area (Å²) in [4.78, 5) is 12.1. The van der Waals surface area contributed by atoms with E-state index in [0.717, 1.165) is 7.11 Å². The summed E-state index contributed by atoms with van der Waals surface area (Å²) in [6, 6.07) is 14.6. The average molecular weight is 363 g/mol. The van der Waals surface area contributed by atoms with Crippen LogP contribution in [-0.4, -0.2) is 28.9 Å². The zero-order valence-corrected chi connectivity index (χ0v) is 14.0. The van der Waals surface area contributed by atoms with Gasteiger partial charge in [0.25, 0.3) is 5.60 Å². The summed E-state index contributed by atoms with van der Waals surface area (Å²) in [5, 5.41) is 10.8. The number of aryl methyl sites for hydroxylation is 1. The first-order valence-corrected chi connectivity index (χ1v) is 7.74. The molecule has 0 fully saturated rings. The third-order valence-corrected chi connectivity index (χ3v) is 4.41. The summed E-state index contributed by atoms with van der Waals surface area (Å²) in [5.41, 5.74) is -3.35. The van der Waals surface area contributed by atoms with Crippen molar-refractivity contribution in [3.05, 3.63) is 60.2 Å². The molecule has 0 aliphatic carbocycles. The Labute approximate surface area is 147 Å². The summed E-state index contributed by atoms with van der Waals surface area (Å²) < 4.78 is 47.6. The Bertz CT molecular complexity index is 963. The second-order valence-corrected chi connectivity index (χ2v) is 5.87. The van der Waals surface area contributed by atoms with Crippen molar-refractivity contribution in [1.82, 2.24) is 4.57 Å². The molecule has 2 aromatic carbocycles. The van der Waals surface area contributed by atoms with E-state index in [1.807, 2.05) is 0 Å². The maximum atomic E-state index is 13.9. The fraction of sp³-hybridized carbons (Fsp3) is 0.211. The zero-order valence-electron chi connectivity index (χ0n) is 14.0. The quantitative estimate of drug-likeness (QED) is 0.721. The van der Waals surface area contributed by atoms with Gasteiger partial charge in [0.15, 0.2) is 0 Å². The van der Waals surface area contributed by atoms with E-state index in [-0.39, 0.29) is 11.1 Å². The van der Waals surface area contributed by atoms with Gasteiger partial charge in [-0.3, -0.25) is 0 Å². The number of esters is 1. The van der Waals surface area contributed by atoms with Crippen molar-refractivity contribution >= 4 is 16.9 Å². The van der Waals surface area contributed by atoms with Gasteiger partial charge in [0.05, 0.1) is 12.8 Å². The molecule has 0 unspecified atom stereocenters. The van der Waals surface area contributed by atoms with E-state index in [1.165, 1.54) is 10.6 Å². The third kappa shape index (κ3) is 2.47. The number of halogens is 3. The normalized spacial score (nSPS) is 14.2. The maximum absolute atomic E-state index is 13.9. The molecule has 1 N–H and O–H groups in total. The molecule has 0 spiro atoms. The number of nitrogens with zero attached hydrogens (tertiary/aromatic N) is 1. The van der Waals surface area contributed by atoms with Crippen LogP contribution in [0.25, 0.3) is 22.2 Å². The molecule has 1 heterocycles. The van der Waals surface area contributed by atoms with E-state index in [0.29, 0.717) is 11.1 Å². The molecular weight excluding hydrogens is 347 g/mol. The number of para-hydroxylation sites is 1. The molecule has 0 amide bonds. The van der Waals surface area contributed by atoms with Crippen molar-refractivity contribution in [1.29, 1.82) is 0 Å². The molecule has 3 rings (SSSR count). The molecule has 136 valence electrons. The van der Waals surface area contributed by atoms with Gasteiger partial charge in [0, 0.05) is 23.5 Å². The summed E-state index contributed by atoms with van der Waals surface area (Å²) in [6.45, 7) is 0. The van der Waals surface area contributed by atoms with E-state index in [1.54, 1.807) is 55.6 Å². The Balaban J connectivity index is 2.50. The minimum atomic E-state index is -5.27. The van der Waals surface area contributed by atoms with Gasteiger partial charge in [-0.1, -0.05) is 48.5 Å². The Morgan fingerprint density at radius 1 is 1.04 bits per heavy atom. The Morgan fingerprint density at radius 3 is 2.19 bits per heavy atom. The highest BCUT2D eigenvalue weighted by atomic mass is 19.4. The standard InChI is InChI=1S/C19H16F3NO3/c1-23-14-11-7-6-10-13(14)15(16(23)12-8-4-3-5-9-12)18(25,17(24)26-2)19(20,21)22/h3-11,25H,1-2H3/t18-/m1/s1. The first-order valence-electron chi connectivity index (χ1n) is 7.74. The molecule has 0 saturated heterocycles. The second-order valence-electron chi connectivity index (χ2n) is 5.87. The SMILES string of the molecule is COC(=O)[C@](O)(c1c(-c2ccccc2)n(C)c2ccccc12)C(F)(F)F. The van der Waals surface area contributed by atoms with Crippen LogP contribution in [0.4, 0.5) is 13.2 Å². The van der Waals surface area contributed by atoms with Crippen molar-refractivity contribution in [3.8, 4) is 11.3 Å². The number of carbonyl (C=O) groups excluding carboxylic acids is 1. The van der Waals surface area contributed by atoms with Gasteiger partial charge in [-0.15, -0.1) is 0 Å². The lowest BCUT2D eigenvalue weighted by molar-refractivity contribution is -0.266. The van der Waals surface area contributed by atoms with E-state index >= 15 is 0 Å². The third-order valence-electron chi connectivity index (χ3n) is 4.41. The number of hydrogen-bond acceptors (Lipinski definition) is 3. The predicted molar refractivity (Wildman–Crippen MR) is 90.3 cm³/mol. The Kier molecular flexibility index (Phi) is 4.28. The lowest BCUT2D eigenvalue weighted by atomic mass is 9.88. The van der Waals surface area contributed by atoms with Crippen molar-refractivity contribution < 1.29 is 27.8 Å². The van der Waals surface area contributed by atoms with Crippen LogP contribution in [0.3, 0.4) is 0 Å². The second kappa shape index (κ2) is 6.17. The minimum Gasteiger partial charge on any atom is -0.466 e. The monoisotopic (exact) mass is 363 g/mol. The van der Waals surface area contributed by atoms with Crippen LogP contribution in [0, 0.1) is 0 Å². The number of carbonyl (C=O) groups is 1. The molecule has 26 heavy (non-hydrogen) atoms. The fourth-order valence-electron chi connectivity index (χ4n) is 3.20. The van der Waals surface area contributed by atoms with Crippen LogP contribution in [0.2, 0.25) is 0 Å². The molecule has 0 aliphatic heterocycles. The number of rotatable bonds is 3. The number of hydrogen-bond donors (Lipinski definition) is 1. The largest absolute Gasteiger partial charge is 0.466 e. The predicted octanol–water partition coefficient (Wildman–Crippen LogP) is 3.77. The Hall–Kier alpha value is -2.80. The van der Waals surface area contributed by atoms with Gasteiger partial charge < -0.3 is 14.4 Å². The molecule has 0 saturated carbocycles. The van der Waals surface area contributed by atoms with Gasteiger partial charge >= 0.3 is 12.1 Å². The molecule has 4 nitrogen and oxygen atoms in total. The highest BCUT2D eigenvalue weighted by Crippen LogP contribution is 2.47. The molecular formula is C19H16F3NO3. The van der Waals surface area contributed by atoms with Crippen LogP contribution >= 0.6 is 0 Å². The van der Waals surface area contributed by atoms with E-state index in [9.17, 15) is 23.1 Å². The van der Waals surface area contributed by atoms with Crippen molar-refractivity contribution in [2.45, 2.75) is 11.8 Å². The van der Waals surface area contributed by atoms with Crippen LogP contribution < -0.4 is 0 Å². The molecule has 1 aromatic heterocycles. The van der Waals surface area contributed by atoms with Crippen LogP contribution in [0.15, 0.2) is 54.6 Å². The number of benzene rings is 2. The number of fused-ring (bicyclic) bond motifs is 1. The minimum absolute atomic E-state index is 0.0945. The van der Waals surface area contributed by atoms with Crippen LogP contribution in [-0.2, 0) is 22.2 Å². The average Bonchev–Trinajstić information content (AvgIpc) is 2.93. The zero-order chi connectivity index (χ0) is 19.1. The number of aliphatic hydroxyl groups is 1. The first kappa shape index (κ1) is 18.0. The molecule has 7 heteroatoms. The van der Waals surface area contributed by atoms with Gasteiger partial charge in [-0.2, -0.15) is 13.2 Å². The van der Waals surface area contributed by atoms with E-state index in [2.05, 4.69) is 4.74 Å². The van der Waals surface area contributed by atoms with Gasteiger partial charge in [-0.05, 0) is 11.6 Å².